The molecule has 0 aliphatic heterocycles. The second-order valence-electron chi connectivity index (χ2n) is 8.17. The van der Waals surface area contributed by atoms with E-state index in [-0.39, 0.29) is 11.8 Å². The van der Waals surface area contributed by atoms with Gasteiger partial charge in [-0.25, -0.2) is 9.97 Å². The molecule has 0 radical (unpaired) electrons. The van der Waals surface area contributed by atoms with Crippen LogP contribution in [0, 0.1) is 11.8 Å². The fraction of sp³-hybridized carbons (Fsp3) is 0.524. The third kappa shape index (κ3) is 6.80. The highest BCUT2D eigenvalue weighted by molar-refractivity contribution is 5.93. The molecule has 1 fully saturated rings. The number of Topliss-reactive ketones (excluding diaryl/α,β-unsaturated/α-hetero) is 1. The highest BCUT2D eigenvalue weighted by Gasteiger charge is 2.31. The van der Waals surface area contributed by atoms with Crippen molar-refractivity contribution in [2.75, 3.05) is 11.9 Å². The Morgan fingerprint density at radius 3 is 2.68 bits per heavy atom. The van der Waals surface area contributed by atoms with Crippen LogP contribution >= 0.6 is 0 Å². The van der Waals surface area contributed by atoms with Gasteiger partial charge in [0, 0.05) is 30.9 Å². The molecule has 31 heavy (non-hydrogen) atoms. The molecule has 1 amide bonds. The molecular weight excluding hydrogens is 411 g/mol. The summed E-state index contributed by atoms with van der Waals surface area (Å²) in [7, 11) is 0. The van der Waals surface area contributed by atoms with Crippen LogP contribution in [-0.2, 0) is 4.79 Å². The first-order chi connectivity index (χ1) is 14.6. The molecule has 1 saturated carbocycles. The van der Waals surface area contributed by atoms with E-state index in [0.717, 1.165) is 12.8 Å². The molecule has 7 nitrogen and oxygen atoms in total. The van der Waals surface area contributed by atoms with Gasteiger partial charge >= 0.3 is 6.18 Å². The number of alkyl halides is 3. The highest BCUT2D eigenvalue weighted by Crippen LogP contribution is 2.28. The number of H-pyrrole nitrogens is 1. The van der Waals surface area contributed by atoms with Crippen molar-refractivity contribution in [2.45, 2.75) is 51.7 Å². The molecule has 0 bridgehead atoms. The summed E-state index contributed by atoms with van der Waals surface area (Å²) < 4.78 is 37.4. The van der Waals surface area contributed by atoms with Crippen molar-refractivity contribution in [3.63, 3.8) is 0 Å². The van der Waals surface area contributed by atoms with Gasteiger partial charge in [0.05, 0.1) is 12.5 Å². The Bertz CT molecular complexity index is 922. The molecule has 2 heterocycles. The zero-order valence-electron chi connectivity index (χ0n) is 17.4. The third-order valence-corrected chi connectivity index (χ3v) is 5.06. The number of nitrogens with one attached hydrogen (secondary N) is 3. The Hall–Kier alpha value is -2.91. The topological polar surface area (TPSA) is 99.8 Å². The Kier molecular flexibility index (Phi) is 6.97. The summed E-state index contributed by atoms with van der Waals surface area (Å²) in [5.74, 6) is 0.259. The number of ketones is 1. The molecule has 0 saturated heterocycles. The number of aromatic nitrogens is 3. The van der Waals surface area contributed by atoms with Crippen LogP contribution in [0.2, 0.25) is 0 Å². The Morgan fingerprint density at radius 1 is 1.29 bits per heavy atom. The summed E-state index contributed by atoms with van der Waals surface area (Å²) in [4.78, 5) is 36.0. The number of halogens is 3. The molecule has 2 aromatic rings. The predicted octanol–water partition coefficient (Wildman–Crippen LogP) is 3.96. The second kappa shape index (κ2) is 9.49. The molecule has 3 rings (SSSR count). The van der Waals surface area contributed by atoms with Crippen LogP contribution in [0.5, 0.6) is 0 Å². The minimum atomic E-state index is -4.38. The number of amides is 1. The van der Waals surface area contributed by atoms with Gasteiger partial charge in [0.1, 0.15) is 11.5 Å². The third-order valence-electron chi connectivity index (χ3n) is 5.06. The fourth-order valence-corrected chi connectivity index (χ4v) is 3.09. The zero-order chi connectivity index (χ0) is 22.6. The number of anilines is 1. The average molecular weight is 437 g/mol. The van der Waals surface area contributed by atoms with Crippen molar-refractivity contribution in [3.05, 3.63) is 30.2 Å². The first-order valence-electron chi connectivity index (χ1n) is 10.3. The van der Waals surface area contributed by atoms with E-state index in [9.17, 15) is 22.8 Å². The molecule has 0 unspecified atom stereocenters. The molecule has 0 aromatic carbocycles. The SMILES string of the molecule is CC(C)[C@@H](Nc1ccnc(-c2c[nH]c(C(=O)NCC3CC3)c2)n1)C(=O)CCC(F)(F)F. The summed E-state index contributed by atoms with van der Waals surface area (Å²) in [6, 6.07) is 2.38. The van der Waals surface area contributed by atoms with Crippen LogP contribution < -0.4 is 10.6 Å². The lowest BCUT2D eigenvalue weighted by atomic mass is 9.97. The molecule has 1 aliphatic carbocycles. The van der Waals surface area contributed by atoms with Gasteiger partial charge in [-0.05, 0) is 36.8 Å². The van der Waals surface area contributed by atoms with Crippen LogP contribution in [0.3, 0.4) is 0 Å². The minimum absolute atomic E-state index is 0.206. The monoisotopic (exact) mass is 437 g/mol. The second-order valence-corrected chi connectivity index (χ2v) is 8.17. The van der Waals surface area contributed by atoms with Crippen LogP contribution in [0.4, 0.5) is 19.0 Å². The van der Waals surface area contributed by atoms with Crippen molar-refractivity contribution in [1.29, 1.82) is 0 Å². The summed E-state index contributed by atoms with van der Waals surface area (Å²) in [6.07, 6.45) is -0.743. The van der Waals surface area contributed by atoms with Crippen molar-refractivity contribution in [2.24, 2.45) is 11.8 Å². The summed E-state index contributed by atoms with van der Waals surface area (Å²) in [5, 5.41) is 5.81. The number of carbonyl (C=O) groups is 2. The average Bonchev–Trinajstić information content (AvgIpc) is 3.41. The van der Waals surface area contributed by atoms with Gasteiger partial charge in [0.15, 0.2) is 11.6 Å². The maximum absolute atomic E-state index is 12.5. The van der Waals surface area contributed by atoms with Crippen LogP contribution in [0.1, 0.15) is 50.0 Å². The van der Waals surface area contributed by atoms with Crippen LogP contribution in [0.25, 0.3) is 11.4 Å². The molecule has 168 valence electrons. The number of rotatable bonds is 10. The lowest BCUT2D eigenvalue weighted by Crippen LogP contribution is -2.35. The number of carbonyl (C=O) groups excluding carboxylic acids is 2. The first-order valence-corrected chi connectivity index (χ1v) is 10.3. The molecule has 0 spiro atoms. The molecule has 10 heteroatoms. The minimum Gasteiger partial charge on any atom is -0.360 e. The summed E-state index contributed by atoms with van der Waals surface area (Å²) >= 11 is 0. The highest BCUT2D eigenvalue weighted by atomic mass is 19.4. The van der Waals surface area contributed by atoms with Gasteiger partial charge in [-0.3, -0.25) is 9.59 Å². The summed E-state index contributed by atoms with van der Waals surface area (Å²) in [6.45, 7) is 4.16. The van der Waals surface area contributed by atoms with Gasteiger partial charge in [0.25, 0.3) is 5.91 Å². The molecule has 1 atom stereocenters. The van der Waals surface area contributed by atoms with Gasteiger partial charge in [-0.1, -0.05) is 13.8 Å². The van der Waals surface area contributed by atoms with Crippen molar-refractivity contribution < 1.29 is 22.8 Å². The van der Waals surface area contributed by atoms with Crippen LogP contribution in [0.15, 0.2) is 24.5 Å². The lowest BCUT2D eigenvalue weighted by molar-refractivity contribution is -0.143. The quantitative estimate of drug-likeness (QED) is 0.523. The van der Waals surface area contributed by atoms with E-state index < -0.39 is 30.8 Å². The van der Waals surface area contributed by atoms with Gasteiger partial charge in [0.2, 0.25) is 0 Å². The van der Waals surface area contributed by atoms with E-state index >= 15 is 0 Å². The van der Waals surface area contributed by atoms with Crippen molar-refractivity contribution in [3.8, 4) is 11.4 Å². The van der Waals surface area contributed by atoms with E-state index in [1.165, 1.54) is 6.20 Å². The van der Waals surface area contributed by atoms with E-state index in [4.69, 9.17) is 0 Å². The Morgan fingerprint density at radius 2 is 2.03 bits per heavy atom. The smallest absolute Gasteiger partial charge is 0.360 e. The van der Waals surface area contributed by atoms with Gasteiger partial charge in [-0.2, -0.15) is 13.2 Å². The Labute approximate surface area is 178 Å². The van der Waals surface area contributed by atoms with Gasteiger partial charge < -0.3 is 15.6 Å². The number of nitrogens with zero attached hydrogens (tertiary/aromatic N) is 2. The number of aromatic amines is 1. The molecule has 1 aliphatic rings. The normalized spacial score (nSPS) is 15.0. The maximum atomic E-state index is 12.5. The van der Waals surface area contributed by atoms with E-state index in [1.807, 2.05) is 0 Å². The molecule has 2 aromatic heterocycles. The largest absolute Gasteiger partial charge is 0.389 e. The summed E-state index contributed by atoms with van der Waals surface area (Å²) in [5.41, 5.74) is 0.977. The molecule has 3 N–H and O–H groups in total. The maximum Gasteiger partial charge on any atom is 0.389 e. The Balaban J connectivity index is 1.67. The number of hydrogen-bond donors (Lipinski definition) is 3. The van der Waals surface area contributed by atoms with E-state index in [0.29, 0.717) is 35.4 Å². The zero-order valence-corrected chi connectivity index (χ0v) is 17.4. The fourth-order valence-electron chi connectivity index (χ4n) is 3.09. The standard InChI is InChI=1S/C21H26F3N5O2/c1-12(2)18(16(30)5-7-21(22,23)24)28-17-6-8-25-19(29-17)14-9-15(26-11-14)20(31)27-10-13-3-4-13/h6,8-9,11-13,18,26H,3-5,7,10H2,1-2H3,(H,27,31)(H,25,28,29)/t18-/m1/s1. The molecular formula is C21H26F3N5O2. The number of hydrogen-bond acceptors (Lipinski definition) is 5. The van der Waals surface area contributed by atoms with Crippen molar-refractivity contribution in [1.82, 2.24) is 20.3 Å². The van der Waals surface area contributed by atoms with E-state index in [2.05, 4.69) is 25.6 Å². The lowest BCUT2D eigenvalue weighted by Gasteiger charge is -2.22. The predicted molar refractivity (Wildman–Crippen MR) is 109 cm³/mol. The van der Waals surface area contributed by atoms with Crippen molar-refractivity contribution >= 4 is 17.5 Å². The van der Waals surface area contributed by atoms with Crippen LogP contribution in [-0.4, -0.2) is 45.4 Å². The van der Waals surface area contributed by atoms with Gasteiger partial charge in [-0.15, -0.1) is 0 Å². The van der Waals surface area contributed by atoms with E-state index in [1.54, 1.807) is 32.2 Å². The first kappa shape index (κ1) is 22.8.